The SMILES string of the molecule is CCC(C)C1C[C@H](N)c2cc(C)ccc2O1. The van der Waals surface area contributed by atoms with Crippen LogP contribution in [0.2, 0.25) is 0 Å². The number of hydrogen-bond donors (Lipinski definition) is 1. The molecular formula is C14H21NO. The van der Waals surface area contributed by atoms with Gasteiger partial charge < -0.3 is 10.5 Å². The molecule has 0 aromatic heterocycles. The van der Waals surface area contributed by atoms with E-state index in [1.54, 1.807) is 0 Å². The predicted octanol–water partition coefficient (Wildman–Crippen LogP) is 3.19. The number of rotatable bonds is 2. The molecule has 0 saturated carbocycles. The lowest BCUT2D eigenvalue weighted by Crippen LogP contribution is -2.34. The molecule has 2 unspecified atom stereocenters. The highest BCUT2D eigenvalue weighted by Crippen LogP contribution is 2.36. The zero-order valence-corrected chi connectivity index (χ0v) is 10.4. The topological polar surface area (TPSA) is 35.2 Å². The number of benzene rings is 1. The molecule has 1 aliphatic heterocycles. The van der Waals surface area contributed by atoms with Crippen LogP contribution in [-0.2, 0) is 0 Å². The number of nitrogens with two attached hydrogens (primary N) is 1. The summed E-state index contributed by atoms with van der Waals surface area (Å²) >= 11 is 0. The maximum atomic E-state index is 6.22. The second-order valence-electron chi connectivity index (χ2n) is 4.93. The van der Waals surface area contributed by atoms with E-state index >= 15 is 0 Å². The highest BCUT2D eigenvalue weighted by atomic mass is 16.5. The zero-order chi connectivity index (χ0) is 11.7. The first kappa shape index (κ1) is 11.5. The monoisotopic (exact) mass is 219 g/mol. The Morgan fingerprint density at radius 1 is 1.50 bits per heavy atom. The fourth-order valence-corrected chi connectivity index (χ4v) is 2.26. The molecule has 16 heavy (non-hydrogen) atoms. The van der Waals surface area contributed by atoms with E-state index in [4.69, 9.17) is 10.5 Å². The predicted molar refractivity (Wildman–Crippen MR) is 66.6 cm³/mol. The molecule has 1 heterocycles. The van der Waals surface area contributed by atoms with E-state index in [-0.39, 0.29) is 12.1 Å². The molecule has 88 valence electrons. The summed E-state index contributed by atoms with van der Waals surface area (Å²) in [5.74, 6) is 1.55. The molecule has 3 atom stereocenters. The summed E-state index contributed by atoms with van der Waals surface area (Å²) in [6, 6.07) is 6.42. The van der Waals surface area contributed by atoms with Crippen molar-refractivity contribution in [2.45, 2.75) is 45.8 Å². The first-order valence-electron chi connectivity index (χ1n) is 6.14. The minimum atomic E-state index is 0.127. The van der Waals surface area contributed by atoms with Gasteiger partial charge in [0.05, 0.1) is 0 Å². The Hall–Kier alpha value is -1.02. The lowest BCUT2D eigenvalue weighted by atomic mass is 9.89. The molecule has 0 fully saturated rings. The van der Waals surface area contributed by atoms with Gasteiger partial charge in [-0.2, -0.15) is 0 Å². The summed E-state index contributed by atoms with van der Waals surface area (Å²) in [5, 5.41) is 0. The summed E-state index contributed by atoms with van der Waals surface area (Å²) < 4.78 is 6.03. The van der Waals surface area contributed by atoms with E-state index in [2.05, 4.69) is 39.0 Å². The lowest BCUT2D eigenvalue weighted by molar-refractivity contribution is 0.105. The second-order valence-corrected chi connectivity index (χ2v) is 4.93. The first-order valence-corrected chi connectivity index (χ1v) is 6.14. The summed E-state index contributed by atoms with van der Waals surface area (Å²) in [6.07, 6.45) is 2.35. The van der Waals surface area contributed by atoms with Crippen LogP contribution < -0.4 is 10.5 Å². The third-order valence-corrected chi connectivity index (χ3v) is 3.61. The molecule has 2 heteroatoms. The van der Waals surface area contributed by atoms with Crippen molar-refractivity contribution >= 4 is 0 Å². The van der Waals surface area contributed by atoms with Crippen LogP contribution in [0.4, 0.5) is 0 Å². The van der Waals surface area contributed by atoms with Gasteiger partial charge in [0.25, 0.3) is 0 Å². The van der Waals surface area contributed by atoms with Crippen molar-refractivity contribution in [1.29, 1.82) is 0 Å². The quantitative estimate of drug-likeness (QED) is 0.829. The maximum absolute atomic E-state index is 6.22. The Kier molecular flexibility index (Phi) is 3.20. The molecule has 2 nitrogen and oxygen atoms in total. The van der Waals surface area contributed by atoms with Gasteiger partial charge in [-0.05, 0) is 18.9 Å². The van der Waals surface area contributed by atoms with Crippen LogP contribution in [0, 0.1) is 12.8 Å². The third-order valence-electron chi connectivity index (χ3n) is 3.61. The lowest BCUT2D eigenvalue weighted by Gasteiger charge is -2.33. The molecule has 2 rings (SSSR count). The van der Waals surface area contributed by atoms with Gasteiger partial charge in [-0.25, -0.2) is 0 Å². The number of hydrogen-bond acceptors (Lipinski definition) is 2. The summed E-state index contributed by atoms with van der Waals surface area (Å²) in [4.78, 5) is 0. The van der Waals surface area contributed by atoms with Crippen molar-refractivity contribution in [2.24, 2.45) is 11.7 Å². The normalized spacial score (nSPS) is 25.8. The molecule has 0 bridgehead atoms. The largest absolute Gasteiger partial charge is 0.490 e. The van der Waals surface area contributed by atoms with Crippen LogP contribution in [0.15, 0.2) is 18.2 Å². The van der Waals surface area contributed by atoms with Crippen LogP contribution in [0.1, 0.15) is 43.9 Å². The smallest absolute Gasteiger partial charge is 0.124 e. The van der Waals surface area contributed by atoms with Crippen LogP contribution in [0.5, 0.6) is 5.75 Å². The van der Waals surface area contributed by atoms with Crippen molar-refractivity contribution in [2.75, 3.05) is 0 Å². The Balaban J connectivity index is 2.26. The summed E-state index contributed by atoms with van der Waals surface area (Å²) in [7, 11) is 0. The van der Waals surface area contributed by atoms with Gasteiger partial charge >= 0.3 is 0 Å². The molecular weight excluding hydrogens is 198 g/mol. The van der Waals surface area contributed by atoms with Crippen LogP contribution in [-0.4, -0.2) is 6.10 Å². The fraction of sp³-hybridized carbons (Fsp3) is 0.571. The first-order chi connectivity index (χ1) is 7.61. The summed E-state index contributed by atoms with van der Waals surface area (Å²) in [6.45, 7) is 6.52. The van der Waals surface area contributed by atoms with Crippen molar-refractivity contribution in [3.05, 3.63) is 29.3 Å². The second kappa shape index (κ2) is 4.46. The molecule has 1 aliphatic rings. The van der Waals surface area contributed by atoms with Gasteiger partial charge in [-0.1, -0.05) is 38.0 Å². The maximum Gasteiger partial charge on any atom is 0.124 e. The molecule has 0 spiro atoms. The van der Waals surface area contributed by atoms with Gasteiger partial charge in [0.15, 0.2) is 0 Å². The highest BCUT2D eigenvalue weighted by molar-refractivity contribution is 5.40. The van der Waals surface area contributed by atoms with Gasteiger partial charge in [-0.3, -0.25) is 0 Å². The van der Waals surface area contributed by atoms with E-state index in [1.807, 2.05) is 0 Å². The molecule has 0 amide bonds. The van der Waals surface area contributed by atoms with E-state index in [9.17, 15) is 0 Å². The highest BCUT2D eigenvalue weighted by Gasteiger charge is 2.28. The summed E-state index contributed by atoms with van der Waals surface area (Å²) in [5.41, 5.74) is 8.63. The standard InChI is InChI=1S/C14H21NO/c1-4-10(3)14-8-12(15)11-7-9(2)5-6-13(11)16-14/h5-7,10,12,14H,4,8,15H2,1-3H3/t10?,12-,14?/m0/s1. The van der Waals surface area contributed by atoms with Gasteiger partial charge in [0.2, 0.25) is 0 Å². The zero-order valence-electron chi connectivity index (χ0n) is 10.4. The molecule has 0 saturated heterocycles. The van der Waals surface area contributed by atoms with E-state index in [0.29, 0.717) is 5.92 Å². The van der Waals surface area contributed by atoms with E-state index < -0.39 is 0 Å². The number of ether oxygens (including phenoxy) is 1. The molecule has 0 aliphatic carbocycles. The van der Waals surface area contributed by atoms with E-state index in [1.165, 1.54) is 11.1 Å². The van der Waals surface area contributed by atoms with Gasteiger partial charge in [0.1, 0.15) is 11.9 Å². The van der Waals surface area contributed by atoms with Crippen LogP contribution in [0.3, 0.4) is 0 Å². The van der Waals surface area contributed by atoms with Crippen molar-refractivity contribution in [1.82, 2.24) is 0 Å². The number of aryl methyl sites for hydroxylation is 1. The molecule has 1 aromatic rings. The van der Waals surface area contributed by atoms with Gasteiger partial charge in [-0.15, -0.1) is 0 Å². The molecule has 1 aromatic carbocycles. The van der Waals surface area contributed by atoms with Gasteiger partial charge in [0, 0.05) is 18.0 Å². The minimum absolute atomic E-state index is 0.127. The Labute approximate surface area is 97.8 Å². The Morgan fingerprint density at radius 2 is 2.25 bits per heavy atom. The van der Waals surface area contributed by atoms with Crippen LogP contribution in [0.25, 0.3) is 0 Å². The third kappa shape index (κ3) is 2.07. The van der Waals surface area contributed by atoms with Crippen molar-refractivity contribution in [3.8, 4) is 5.75 Å². The Morgan fingerprint density at radius 3 is 2.94 bits per heavy atom. The minimum Gasteiger partial charge on any atom is -0.490 e. The Bertz CT molecular complexity index is 375. The van der Waals surface area contributed by atoms with E-state index in [0.717, 1.165) is 18.6 Å². The molecule has 2 N–H and O–H groups in total. The van der Waals surface area contributed by atoms with Crippen molar-refractivity contribution in [3.63, 3.8) is 0 Å². The van der Waals surface area contributed by atoms with Crippen molar-refractivity contribution < 1.29 is 4.74 Å². The fourth-order valence-electron chi connectivity index (χ4n) is 2.26. The molecule has 0 radical (unpaired) electrons. The van der Waals surface area contributed by atoms with Crippen LogP contribution >= 0.6 is 0 Å². The average Bonchev–Trinajstić information content (AvgIpc) is 2.28. The average molecular weight is 219 g/mol. The number of fused-ring (bicyclic) bond motifs is 1.